The van der Waals surface area contributed by atoms with Crippen molar-refractivity contribution in [1.29, 1.82) is 0 Å². The number of ether oxygens (including phenoxy) is 1. The van der Waals surface area contributed by atoms with Crippen LogP contribution in [0.15, 0.2) is 12.1 Å². The molecule has 4 heteroatoms. The number of methoxy groups -OCH3 is 1. The average Bonchev–Trinajstić information content (AvgIpc) is 2.20. The highest BCUT2D eigenvalue weighted by molar-refractivity contribution is 9.09. The summed E-state index contributed by atoms with van der Waals surface area (Å²) in [7, 11) is 1.55. The summed E-state index contributed by atoms with van der Waals surface area (Å²) in [4.78, 5) is 11.5. The number of ketones is 1. The fourth-order valence-electron chi connectivity index (χ4n) is 1.13. The van der Waals surface area contributed by atoms with Crippen LogP contribution in [-0.2, 0) is 0 Å². The number of alkyl halides is 1. The second-order valence-electron chi connectivity index (χ2n) is 2.84. The molecule has 0 amide bonds. The first-order valence-corrected chi connectivity index (χ1v) is 5.53. The molecule has 1 aromatic rings. The van der Waals surface area contributed by atoms with Gasteiger partial charge in [-0.05, 0) is 24.6 Å². The molecule has 0 radical (unpaired) electrons. The summed E-state index contributed by atoms with van der Waals surface area (Å²) in [6.07, 6.45) is 0. The van der Waals surface area contributed by atoms with E-state index >= 15 is 0 Å². The standard InChI is InChI=1S/C10H10BrClO2/c1-6-8(10(13)5-11)3-7(14-2)4-9(6)12/h3-4H,5H2,1-2H3. The molecule has 0 unspecified atom stereocenters. The van der Waals surface area contributed by atoms with Crippen LogP contribution in [-0.4, -0.2) is 18.2 Å². The van der Waals surface area contributed by atoms with E-state index in [9.17, 15) is 4.79 Å². The Morgan fingerprint density at radius 2 is 2.21 bits per heavy atom. The highest BCUT2D eigenvalue weighted by Gasteiger charge is 2.12. The van der Waals surface area contributed by atoms with Gasteiger partial charge in [-0.15, -0.1) is 0 Å². The molecule has 0 aliphatic heterocycles. The SMILES string of the molecule is COc1cc(Cl)c(C)c(C(=O)CBr)c1. The Balaban J connectivity index is 3.27. The quantitative estimate of drug-likeness (QED) is 0.626. The molecule has 0 fully saturated rings. The molecule has 0 spiro atoms. The van der Waals surface area contributed by atoms with E-state index in [4.69, 9.17) is 16.3 Å². The number of hydrogen-bond acceptors (Lipinski definition) is 2. The monoisotopic (exact) mass is 276 g/mol. The lowest BCUT2D eigenvalue weighted by atomic mass is 10.1. The third kappa shape index (κ3) is 2.28. The fourth-order valence-corrected chi connectivity index (χ4v) is 1.64. The first-order valence-electron chi connectivity index (χ1n) is 4.03. The van der Waals surface area contributed by atoms with Crippen molar-refractivity contribution in [2.45, 2.75) is 6.92 Å². The maximum Gasteiger partial charge on any atom is 0.173 e. The number of halogens is 2. The molecule has 0 aliphatic rings. The summed E-state index contributed by atoms with van der Waals surface area (Å²) >= 11 is 9.07. The largest absolute Gasteiger partial charge is 0.497 e. The van der Waals surface area contributed by atoms with Gasteiger partial charge >= 0.3 is 0 Å². The summed E-state index contributed by atoms with van der Waals surface area (Å²) in [6, 6.07) is 3.40. The van der Waals surface area contributed by atoms with Crippen LogP contribution < -0.4 is 4.74 Å². The van der Waals surface area contributed by atoms with Crippen molar-refractivity contribution in [3.05, 3.63) is 28.3 Å². The van der Waals surface area contributed by atoms with E-state index in [0.717, 1.165) is 5.56 Å². The van der Waals surface area contributed by atoms with Crippen molar-refractivity contribution >= 4 is 33.3 Å². The average molecular weight is 278 g/mol. The van der Waals surface area contributed by atoms with Crippen LogP contribution in [0.1, 0.15) is 15.9 Å². The Kier molecular flexibility index (Phi) is 3.96. The van der Waals surface area contributed by atoms with Gasteiger partial charge < -0.3 is 4.74 Å². The fraction of sp³-hybridized carbons (Fsp3) is 0.300. The number of carbonyl (C=O) groups excluding carboxylic acids is 1. The van der Waals surface area contributed by atoms with Crippen LogP contribution in [0.3, 0.4) is 0 Å². The van der Waals surface area contributed by atoms with Gasteiger partial charge in [-0.2, -0.15) is 0 Å². The lowest BCUT2D eigenvalue weighted by Gasteiger charge is -2.08. The normalized spacial score (nSPS) is 10.0. The second-order valence-corrected chi connectivity index (χ2v) is 3.81. The molecular formula is C10H10BrClO2. The van der Waals surface area contributed by atoms with Crippen LogP contribution in [0.5, 0.6) is 5.75 Å². The van der Waals surface area contributed by atoms with Crippen molar-refractivity contribution < 1.29 is 9.53 Å². The van der Waals surface area contributed by atoms with Gasteiger partial charge in [0.15, 0.2) is 5.78 Å². The van der Waals surface area contributed by atoms with Crippen molar-refractivity contribution in [1.82, 2.24) is 0 Å². The Morgan fingerprint density at radius 1 is 1.57 bits per heavy atom. The zero-order chi connectivity index (χ0) is 10.7. The van der Waals surface area contributed by atoms with Crippen molar-refractivity contribution in [2.24, 2.45) is 0 Å². The Labute approximate surface area is 96.3 Å². The molecule has 76 valence electrons. The van der Waals surface area contributed by atoms with Crippen molar-refractivity contribution in [2.75, 3.05) is 12.4 Å². The molecule has 0 aliphatic carbocycles. The van der Waals surface area contributed by atoms with Crippen LogP contribution in [0, 0.1) is 6.92 Å². The second kappa shape index (κ2) is 4.80. The lowest BCUT2D eigenvalue weighted by Crippen LogP contribution is -2.03. The van der Waals surface area contributed by atoms with Gasteiger partial charge in [-0.1, -0.05) is 27.5 Å². The van der Waals surface area contributed by atoms with E-state index in [0.29, 0.717) is 16.3 Å². The third-order valence-corrected chi connectivity index (χ3v) is 2.88. The predicted octanol–water partition coefficient (Wildman–Crippen LogP) is 3.23. The summed E-state index contributed by atoms with van der Waals surface area (Å²) in [5.41, 5.74) is 1.39. The van der Waals surface area contributed by atoms with E-state index in [-0.39, 0.29) is 11.1 Å². The molecule has 0 heterocycles. The smallest absolute Gasteiger partial charge is 0.173 e. The van der Waals surface area contributed by atoms with E-state index in [2.05, 4.69) is 15.9 Å². The highest BCUT2D eigenvalue weighted by Crippen LogP contribution is 2.26. The zero-order valence-corrected chi connectivity index (χ0v) is 10.3. The van der Waals surface area contributed by atoms with Crippen LogP contribution in [0.4, 0.5) is 0 Å². The van der Waals surface area contributed by atoms with Crippen molar-refractivity contribution in [3.63, 3.8) is 0 Å². The maximum atomic E-state index is 11.5. The molecule has 0 N–H and O–H groups in total. The Hall–Kier alpha value is -0.540. The van der Waals surface area contributed by atoms with Gasteiger partial charge in [0.2, 0.25) is 0 Å². The van der Waals surface area contributed by atoms with Crippen LogP contribution in [0.2, 0.25) is 5.02 Å². The number of carbonyl (C=O) groups is 1. The number of Topliss-reactive ketones (excluding diaryl/α,β-unsaturated/α-hetero) is 1. The maximum absolute atomic E-state index is 11.5. The summed E-state index contributed by atoms with van der Waals surface area (Å²) in [5, 5.41) is 0.839. The number of rotatable bonds is 3. The third-order valence-electron chi connectivity index (χ3n) is 1.98. The minimum Gasteiger partial charge on any atom is -0.497 e. The first kappa shape index (κ1) is 11.5. The molecule has 2 nitrogen and oxygen atoms in total. The van der Waals surface area contributed by atoms with E-state index in [1.54, 1.807) is 19.2 Å². The lowest BCUT2D eigenvalue weighted by molar-refractivity contribution is 0.102. The van der Waals surface area contributed by atoms with Gasteiger partial charge in [-0.3, -0.25) is 4.79 Å². The molecule has 0 atom stereocenters. The number of benzene rings is 1. The van der Waals surface area contributed by atoms with E-state index < -0.39 is 0 Å². The summed E-state index contributed by atoms with van der Waals surface area (Å²) in [5.74, 6) is 0.605. The summed E-state index contributed by atoms with van der Waals surface area (Å²) in [6.45, 7) is 1.82. The van der Waals surface area contributed by atoms with E-state index in [1.807, 2.05) is 6.92 Å². The van der Waals surface area contributed by atoms with Gasteiger partial charge in [0.25, 0.3) is 0 Å². The van der Waals surface area contributed by atoms with Gasteiger partial charge in [0.1, 0.15) is 5.75 Å². The minimum atomic E-state index is 0.00306. The molecule has 0 saturated carbocycles. The first-order chi connectivity index (χ1) is 6.60. The summed E-state index contributed by atoms with van der Waals surface area (Å²) < 4.78 is 5.03. The van der Waals surface area contributed by atoms with Gasteiger partial charge in [0, 0.05) is 10.6 Å². The molecule has 0 aromatic heterocycles. The molecule has 1 aromatic carbocycles. The van der Waals surface area contributed by atoms with Gasteiger partial charge in [-0.25, -0.2) is 0 Å². The number of hydrogen-bond donors (Lipinski definition) is 0. The van der Waals surface area contributed by atoms with Gasteiger partial charge in [0.05, 0.1) is 12.4 Å². The van der Waals surface area contributed by atoms with Crippen LogP contribution >= 0.6 is 27.5 Å². The predicted molar refractivity (Wildman–Crippen MR) is 60.9 cm³/mol. The Morgan fingerprint density at radius 3 is 2.71 bits per heavy atom. The Bertz CT molecular complexity index is 363. The molecular weight excluding hydrogens is 267 g/mol. The zero-order valence-electron chi connectivity index (χ0n) is 7.93. The molecule has 0 saturated heterocycles. The van der Waals surface area contributed by atoms with Crippen LogP contribution in [0.25, 0.3) is 0 Å². The highest BCUT2D eigenvalue weighted by atomic mass is 79.9. The van der Waals surface area contributed by atoms with Crippen molar-refractivity contribution in [3.8, 4) is 5.75 Å². The minimum absolute atomic E-state index is 0.00306. The van der Waals surface area contributed by atoms with E-state index in [1.165, 1.54) is 0 Å². The molecule has 14 heavy (non-hydrogen) atoms. The molecule has 1 rings (SSSR count). The topological polar surface area (TPSA) is 26.3 Å². The molecule has 0 bridgehead atoms.